The van der Waals surface area contributed by atoms with Gasteiger partial charge in [0.15, 0.2) is 11.6 Å². The van der Waals surface area contributed by atoms with Gasteiger partial charge < -0.3 is 14.2 Å². The highest BCUT2D eigenvalue weighted by atomic mass is 19.1. The van der Waals surface area contributed by atoms with E-state index in [0.29, 0.717) is 30.8 Å². The quantitative estimate of drug-likeness (QED) is 0.575. The van der Waals surface area contributed by atoms with Crippen LogP contribution in [0.25, 0.3) is 11.4 Å². The lowest BCUT2D eigenvalue weighted by Crippen LogP contribution is -2.27. The first-order valence-corrected chi connectivity index (χ1v) is 10.3. The van der Waals surface area contributed by atoms with Crippen LogP contribution in [0.1, 0.15) is 56.7 Å². The number of carbonyl (C=O) groups is 1. The third-order valence-electron chi connectivity index (χ3n) is 5.64. The maximum Gasteiger partial charge on any atom is 0.249 e. The van der Waals surface area contributed by atoms with Crippen LogP contribution in [0.2, 0.25) is 0 Å². The van der Waals surface area contributed by atoms with Gasteiger partial charge in [-0.1, -0.05) is 50.2 Å². The van der Waals surface area contributed by atoms with Gasteiger partial charge in [-0.3, -0.25) is 4.79 Å². The molecule has 0 aliphatic carbocycles. The molecule has 0 saturated carbocycles. The summed E-state index contributed by atoms with van der Waals surface area (Å²) in [6.45, 7) is 6.99. The first-order valence-electron chi connectivity index (χ1n) is 10.3. The zero-order valence-corrected chi connectivity index (χ0v) is 18.2. The molecule has 2 aromatic carbocycles. The lowest BCUT2D eigenvalue weighted by atomic mass is 9.87. The van der Waals surface area contributed by atoms with Crippen molar-refractivity contribution < 1.29 is 18.4 Å². The van der Waals surface area contributed by atoms with E-state index in [1.807, 2.05) is 0 Å². The van der Waals surface area contributed by atoms with Crippen LogP contribution in [-0.4, -0.2) is 28.1 Å². The monoisotopic (exact) mass is 423 g/mol. The van der Waals surface area contributed by atoms with E-state index in [-0.39, 0.29) is 28.9 Å². The molecular formula is C24H26FN3O3. The van der Waals surface area contributed by atoms with E-state index in [9.17, 15) is 9.18 Å². The molecule has 31 heavy (non-hydrogen) atoms. The highest BCUT2D eigenvalue weighted by Crippen LogP contribution is 2.35. The molecule has 1 saturated heterocycles. The van der Waals surface area contributed by atoms with Gasteiger partial charge in [-0.05, 0) is 41.2 Å². The minimum Gasteiger partial charge on any atom is -0.494 e. The summed E-state index contributed by atoms with van der Waals surface area (Å²) in [7, 11) is 1.41. The number of aromatic nitrogens is 2. The summed E-state index contributed by atoms with van der Waals surface area (Å²) in [5.74, 6) is 0.356. The highest BCUT2D eigenvalue weighted by Gasteiger charge is 2.36. The molecule has 0 bridgehead atoms. The first kappa shape index (κ1) is 21.0. The second kappa shape index (κ2) is 8.13. The topological polar surface area (TPSA) is 68.5 Å². The SMILES string of the molecule is COc1ccc(-c2noc(C3CCC(=O)N3Cc3ccc(C(C)(C)C)cc3)n2)cc1F. The molecular weight excluding hydrogens is 397 g/mol. The molecule has 1 atom stereocenters. The highest BCUT2D eigenvalue weighted by molar-refractivity contribution is 5.78. The minimum atomic E-state index is -0.497. The Bertz CT molecular complexity index is 1090. The molecule has 7 heteroatoms. The fraction of sp³-hybridized carbons (Fsp3) is 0.375. The molecule has 2 heterocycles. The van der Waals surface area contributed by atoms with Crippen molar-refractivity contribution in [2.24, 2.45) is 0 Å². The Kier molecular flexibility index (Phi) is 5.52. The number of ether oxygens (including phenoxy) is 1. The van der Waals surface area contributed by atoms with Crippen molar-refractivity contribution in [1.82, 2.24) is 15.0 Å². The zero-order valence-electron chi connectivity index (χ0n) is 18.2. The number of hydrogen-bond donors (Lipinski definition) is 0. The lowest BCUT2D eigenvalue weighted by Gasteiger charge is -2.23. The van der Waals surface area contributed by atoms with E-state index in [0.717, 1.165) is 5.56 Å². The number of carbonyl (C=O) groups excluding carboxylic acids is 1. The van der Waals surface area contributed by atoms with Crippen LogP contribution in [0, 0.1) is 5.82 Å². The Hall–Kier alpha value is -3.22. The molecule has 1 aliphatic rings. The molecule has 1 aromatic heterocycles. The van der Waals surface area contributed by atoms with E-state index >= 15 is 0 Å². The van der Waals surface area contributed by atoms with Crippen molar-refractivity contribution in [3.63, 3.8) is 0 Å². The van der Waals surface area contributed by atoms with E-state index in [1.54, 1.807) is 11.0 Å². The normalized spacial score (nSPS) is 16.7. The number of rotatable bonds is 5. The third kappa shape index (κ3) is 4.31. The van der Waals surface area contributed by atoms with Crippen LogP contribution in [-0.2, 0) is 16.8 Å². The number of benzene rings is 2. The molecule has 162 valence electrons. The second-order valence-electron chi connectivity index (χ2n) is 8.83. The van der Waals surface area contributed by atoms with Crippen molar-refractivity contribution in [3.05, 3.63) is 65.3 Å². The molecule has 1 unspecified atom stereocenters. The van der Waals surface area contributed by atoms with Gasteiger partial charge in [-0.25, -0.2) is 4.39 Å². The van der Waals surface area contributed by atoms with Gasteiger partial charge in [0.2, 0.25) is 17.6 Å². The number of methoxy groups -OCH3 is 1. The largest absolute Gasteiger partial charge is 0.494 e. The molecule has 0 radical (unpaired) electrons. The number of hydrogen-bond acceptors (Lipinski definition) is 5. The van der Waals surface area contributed by atoms with Gasteiger partial charge in [0, 0.05) is 18.5 Å². The van der Waals surface area contributed by atoms with E-state index in [4.69, 9.17) is 9.26 Å². The molecule has 0 N–H and O–H groups in total. The van der Waals surface area contributed by atoms with Crippen molar-refractivity contribution >= 4 is 5.91 Å². The van der Waals surface area contributed by atoms with Gasteiger partial charge in [0.1, 0.15) is 6.04 Å². The average molecular weight is 423 g/mol. The van der Waals surface area contributed by atoms with E-state index < -0.39 is 5.82 Å². The summed E-state index contributed by atoms with van der Waals surface area (Å²) in [6, 6.07) is 12.5. The standard InChI is InChI=1S/C24H26FN3O3/c1-24(2,3)17-8-5-15(6-9-17)14-28-19(10-12-21(28)29)23-26-22(27-31-23)16-7-11-20(30-4)18(25)13-16/h5-9,11,13,19H,10,12,14H2,1-4H3. The maximum absolute atomic E-state index is 14.0. The number of amides is 1. The molecule has 6 nitrogen and oxygen atoms in total. The van der Waals surface area contributed by atoms with Crippen LogP contribution < -0.4 is 4.74 Å². The Morgan fingerprint density at radius 2 is 1.94 bits per heavy atom. The summed E-state index contributed by atoms with van der Waals surface area (Å²) in [6.07, 6.45) is 1.04. The van der Waals surface area contributed by atoms with E-state index in [1.165, 1.54) is 24.8 Å². The zero-order chi connectivity index (χ0) is 22.2. The maximum atomic E-state index is 14.0. The second-order valence-corrected chi connectivity index (χ2v) is 8.83. The van der Waals surface area contributed by atoms with Gasteiger partial charge in [-0.2, -0.15) is 4.98 Å². The van der Waals surface area contributed by atoms with Gasteiger partial charge in [0.05, 0.1) is 7.11 Å². The van der Waals surface area contributed by atoms with Crippen LogP contribution >= 0.6 is 0 Å². The summed E-state index contributed by atoms with van der Waals surface area (Å²) < 4.78 is 24.5. The summed E-state index contributed by atoms with van der Waals surface area (Å²) in [4.78, 5) is 18.8. The van der Waals surface area contributed by atoms with Crippen LogP contribution in [0.4, 0.5) is 4.39 Å². The van der Waals surface area contributed by atoms with Gasteiger partial charge in [-0.15, -0.1) is 0 Å². The van der Waals surface area contributed by atoms with E-state index in [2.05, 4.69) is 55.2 Å². The smallest absolute Gasteiger partial charge is 0.249 e. The van der Waals surface area contributed by atoms with Crippen molar-refractivity contribution in [1.29, 1.82) is 0 Å². The summed E-state index contributed by atoms with van der Waals surface area (Å²) >= 11 is 0. The fourth-order valence-electron chi connectivity index (χ4n) is 3.79. The van der Waals surface area contributed by atoms with Crippen LogP contribution in [0.5, 0.6) is 5.75 Å². The minimum absolute atomic E-state index is 0.0557. The molecule has 1 fully saturated rings. The molecule has 1 amide bonds. The van der Waals surface area contributed by atoms with Crippen molar-refractivity contribution in [2.75, 3.05) is 7.11 Å². The Morgan fingerprint density at radius 3 is 2.58 bits per heavy atom. The molecule has 1 aliphatic heterocycles. The van der Waals surface area contributed by atoms with Crippen LogP contribution in [0.15, 0.2) is 47.0 Å². The van der Waals surface area contributed by atoms with Gasteiger partial charge >= 0.3 is 0 Å². The predicted octanol–water partition coefficient (Wildman–Crippen LogP) is 5.05. The fourth-order valence-corrected chi connectivity index (χ4v) is 3.79. The molecule has 4 rings (SSSR count). The average Bonchev–Trinajstić information content (AvgIpc) is 3.35. The summed E-state index contributed by atoms with van der Waals surface area (Å²) in [5, 5.41) is 4.00. The number of halogens is 1. The number of nitrogens with zero attached hydrogens (tertiary/aromatic N) is 3. The first-order chi connectivity index (χ1) is 14.8. The molecule has 3 aromatic rings. The third-order valence-corrected chi connectivity index (χ3v) is 5.64. The Labute approximate surface area is 181 Å². The Morgan fingerprint density at radius 1 is 1.19 bits per heavy atom. The Balaban J connectivity index is 1.54. The summed E-state index contributed by atoms with van der Waals surface area (Å²) in [5.41, 5.74) is 2.85. The van der Waals surface area contributed by atoms with Gasteiger partial charge in [0.25, 0.3) is 0 Å². The van der Waals surface area contributed by atoms with Crippen molar-refractivity contribution in [2.45, 2.75) is 51.6 Å². The molecule has 0 spiro atoms. The van der Waals surface area contributed by atoms with Crippen molar-refractivity contribution in [3.8, 4) is 17.1 Å². The lowest BCUT2D eigenvalue weighted by molar-refractivity contribution is -0.129. The predicted molar refractivity (Wildman–Crippen MR) is 114 cm³/mol. The number of likely N-dealkylation sites (tertiary alicyclic amines) is 1. The van der Waals surface area contributed by atoms with Crippen LogP contribution in [0.3, 0.4) is 0 Å².